The Balaban J connectivity index is 2.10. The average molecular weight is 348 g/mol. The van der Waals surface area contributed by atoms with E-state index in [1.807, 2.05) is 18.2 Å². The van der Waals surface area contributed by atoms with E-state index in [-0.39, 0.29) is 30.9 Å². The summed E-state index contributed by atoms with van der Waals surface area (Å²) >= 11 is 5.96. The first kappa shape index (κ1) is 17.9. The highest BCUT2D eigenvalue weighted by Gasteiger charge is 2.16. The van der Waals surface area contributed by atoms with E-state index in [2.05, 4.69) is 4.98 Å². The van der Waals surface area contributed by atoms with Crippen LogP contribution < -0.4 is 0 Å². The van der Waals surface area contributed by atoms with Crippen LogP contribution in [-0.2, 0) is 16.0 Å². The fourth-order valence-electron chi connectivity index (χ4n) is 2.22. The lowest BCUT2D eigenvalue weighted by Gasteiger charge is -2.07. The number of aromatic hydroxyl groups is 1. The van der Waals surface area contributed by atoms with Crippen LogP contribution in [0.5, 0.6) is 5.75 Å². The molecule has 1 aromatic heterocycles. The minimum atomic E-state index is -0.444. The molecule has 0 saturated carbocycles. The maximum Gasteiger partial charge on any atom is 0.306 e. The van der Waals surface area contributed by atoms with Gasteiger partial charge in [0.2, 0.25) is 0 Å². The molecule has 0 spiro atoms. The lowest BCUT2D eigenvalue weighted by Crippen LogP contribution is -2.10. The quantitative estimate of drug-likeness (QED) is 0.612. The molecule has 0 saturated heterocycles. The van der Waals surface area contributed by atoms with Gasteiger partial charge in [-0.1, -0.05) is 23.7 Å². The summed E-state index contributed by atoms with van der Waals surface area (Å²) in [6.45, 7) is 1.97. The van der Waals surface area contributed by atoms with Gasteiger partial charge < -0.3 is 9.84 Å². The lowest BCUT2D eigenvalue weighted by atomic mass is 10.1. The molecule has 0 fully saturated rings. The molecule has 0 aliphatic carbocycles. The first-order chi connectivity index (χ1) is 11.5. The molecule has 0 atom stereocenters. The largest absolute Gasteiger partial charge is 0.506 e. The highest BCUT2D eigenvalue weighted by Crippen LogP contribution is 2.20. The van der Waals surface area contributed by atoms with E-state index in [0.717, 1.165) is 5.56 Å². The molecule has 2 rings (SSSR count). The minimum Gasteiger partial charge on any atom is -0.506 e. The fourth-order valence-corrected chi connectivity index (χ4v) is 2.43. The van der Waals surface area contributed by atoms with Crippen LogP contribution in [0, 0.1) is 0 Å². The zero-order chi connectivity index (χ0) is 17.5. The second-order valence-electron chi connectivity index (χ2n) is 5.21. The van der Waals surface area contributed by atoms with Gasteiger partial charge >= 0.3 is 5.97 Å². The van der Waals surface area contributed by atoms with Crippen molar-refractivity contribution in [3.8, 4) is 5.75 Å². The van der Waals surface area contributed by atoms with E-state index in [0.29, 0.717) is 17.1 Å². The summed E-state index contributed by atoms with van der Waals surface area (Å²) in [5, 5.41) is 10.5. The molecule has 0 radical (unpaired) electrons. The molecule has 0 aliphatic rings. The Kier molecular flexibility index (Phi) is 6.32. The molecule has 0 bridgehead atoms. The van der Waals surface area contributed by atoms with Crippen LogP contribution in [0.4, 0.5) is 0 Å². The van der Waals surface area contributed by atoms with E-state index >= 15 is 0 Å². The normalized spacial score (nSPS) is 10.4. The SMILES string of the molecule is CCOC(=O)CCC(=O)c1nc(Cc2cccc(Cl)c2)ccc1O. The first-order valence-corrected chi connectivity index (χ1v) is 7.99. The molecule has 0 aliphatic heterocycles. The number of carbonyl (C=O) groups is 2. The molecular formula is C18H18ClNO4. The van der Waals surface area contributed by atoms with Gasteiger partial charge in [0.25, 0.3) is 0 Å². The number of halogens is 1. The van der Waals surface area contributed by atoms with Crippen LogP contribution >= 0.6 is 11.6 Å². The lowest BCUT2D eigenvalue weighted by molar-refractivity contribution is -0.143. The van der Waals surface area contributed by atoms with E-state index in [9.17, 15) is 14.7 Å². The third-order valence-corrected chi connectivity index (χ3v) is 3.57. The van der Waals surface area contributed by atoms with Crippen LogP contribution in [0.25, 0.3) is 0 Å². The van der Waals surface area contributed by atoms with Gasteiger partial charge in [-0.2, -0.15) is 0 Å². The molecule has 1 N–H and O–H groups in total. The van der Waals surface area contributed by atoms with Crippen molar-refractivity contribution in [3.63, 3.8) is 0 Å². The number of nitrogens with zero attached hydrogens (tertiary/aromatic N) is 1. The number of benzene rings is 1. The molecule has 6 heteroatoms. The van der Waals surface area contributed by atoms with Gasteiger partial charge in [-0.3, -0.25) is 9.59 Å². The topological polar surface area (TPSA) is 76.5 Å². The number of hydrogen-bond donors (Lipinski definition) is 1. The van der Waals surface area contributed by atoms with Gasteiger partial charge in [0.15, 0.2) is 5.78 Å². The highest BCUT2D eigenvalue weighted by molar-refractivity contribution is 6.30. The van der Waals surface area contributed by atoms with Crippen molar-refractivity contribution >= 4 is 23.4 Å². The minimum absolute atomic E-state index is 0.0289. The van der Waals surface area contributed by atoms with Gasteiger partial charge in [-0.05, 0) is 36.8 Å². The van der Waals surface area contributed by atoms with Crippen LogP contribution in [0.15, 0.2) is 36.4 Å². The Hall–Kier alpha value is -2.40. The maximum absolute atomic E-state index is 12.2. The van der Waals surface area contributed by atoms with Crippen molar-refractivity contribution in [1.82, 2.24) is 4.98 Å². The Bertz CT molecular complexity index is 746. The molecule has 24 heavy (non-hydrogen) atoms. The number of Topliss-reactive ketones (excluding diaryl/α,β-unsaturated/α-hetero) is 1. The second kappa shape index (κ2) is 8.45. The summed E-state index contributed by atoms with van der Waals surface area (Å²) in [5.41, 5.74) is 1.55. The predicted molar refractivity (Wildman–Crippen MR) is 90.4 cm³/mol. The summed E-state index contributed by atoms with van der Waals surface area (Å²) in [5.74, 6) is -1.03. The highest BCUT2D eigenvalue weighted by atomic mass is 35.5. The molecule has 5 nitrogen and oxygen atoms in total. The van der Waals surface area contributed by atoms with Crippen LogP contribution in [0.3, 0.4) is 0 Å². The smallest absolute Gasteiger partial charge is 0.306 e. The van der Waals surface area contributed by atoms with Gasteiger partial charge in [0, 0.05) is 23.6 Å². The molecule has 1 aromatic carbocycles. The summed E-state index contributed by atoms with van der Waals surface area (Å²) in [4.78, 5) is 27.7. The Morgan fingerprint density at radius 2 is 2.00 bits per heavy atom. The fraction of sp³-hybridized carbons (Fsp3) is 0.278. The number of esters is 1. The number of hydrogen-bond acceptors (Lipinski definition) is 5. The third-order valence-electron chi connectivity index (χ3n) is 3.33. The monoisotopic (exact) mass is 347 g/mol. The Morgan fingerprint density at radius 3 is 2.71 bits per heavy atom. The van der Waals surface area contributed by atoms with E-state index in [1.165, 1.54) is 6.07 Å². The van der Waals surface area contributed by atoms with Crippen molar-refractivity contribution < 1.29 is 19.4 Å². The number of carbonyl (C=O) groups excluding carboxylic acids is 2. The zero-order valence-corrected chi connectivity index (χ0v) is 14.0. The number of pyridine rings is 1. The summed E-state index contributed by atoms with van der Waals surface area (Å²) in [6, 6.07) is 10.4. The van der Waals surface area contributed by atoms with Crippen molar-refractivity contribution in [1.29, 1.82) is 0 Å². The number of aromatic nitrogens is 1. The maximum atomic E-state index is 12.2. The average Bonchev–Trinajstić information content (AvgIpc) is 2.55. The van der Waals surface area contributed by atoms with E-state index < -0.39 is 11.8 Å². The van der Waals surface area contributed by atoms with Crippen LogP contribution in [0.1, 0.15) is 41.5 Å². The zero-order valence-electron chi connectivity index (χ0n) is 13.3. The second-order valence-corrected chi connectivity index (χ2v) is 5.64. The predicted octanol–water partition coefficient (Wildman–Crippen LogP) is 3.56. The summed E-state index contributed by atoms with van der Waals surface area (Å²) in [6.07, 6.45) is 0.394. The van der Waals surface area contributed by atoms with Gasteiger partial charge in [-0.25, -0.2) is 4.98 Å². The molecule has 0 amide bonds. The Labute approximate surface area is 145 Å². The van der Waals surface area contributed by atoms with Gasteiger partial charge in [-0.15, -0.1) is 0 Å². The third kappa shape index (κ3) is 5.06. The Morgan fingerprint density at radius 1 is 1.21 bits per heavy atom. The molecule has 2 aromatic rings. The number of ether oxygens (including phenoxy) is 1. The summed E-state index contributed by atoms with van der Waals surface area (Å²) in [7, 11) is 0. The molecule has 0 unspecified atom stereocenters. The van der Waals surface area contributed by atoms with Gasteiger partial charge in [0.05, 0.1) is 13.0 Å². The molecule has 126 valence electrons. The van der Waals surface area contributed by atoms with Crippen molar-refractivity contribution in [3.05, 3.63) is 58.4 Å². The first-order valence-electron chi connectivity index (χ1n) is 7.61. The van der Waals surface area contributed by atoms with Crippen molar-refractivity contribution in [2.45, 2.75) is 26.2 Å². The number of rotatable bonds is 7. The van der Waals surface area contributed by atoms with Crippen LogP contribution in [0.2, 0.25) is 5.02 Å². The number of ketones is 1. The van der Waals surface area contributed by atoms with E-state index in [1.54, 1.807) is 19.1 Å². The standard InChI is InChI=1S/C18H18ClNO4/c1-2-24-17(23)9-8-16(22)18-15(21)7-6-14(20-18)11-12-4-3-5-13(19)10-12/h3-7,10,21H,2,8-9,11H2,1H3. The molecule has 1 heterocycles. The van der Waals surface area contributed by atoms with E-state index in [4.69, 9.17) is 16.3 Å². The van der Waals surface area contributed by atoms with Crippen molar-refractivity contribution in [2.75, 3.05) is 6.61 Å². The van der Waals surface area contributed by atoms with Gasteiger partial charge in [0.1, 0.15) is 11.4 Å². The van der Waals surface area contributed by atoms with Crippen LogP contribution in [-0.4, -0.2) is 28.4 Å². The molecular weight excluding hydrogens is 330 g/mol. The van der Waals surface area contributed by atoms with Crippen molar-refractivity contribution in [2.24, 2.45) is 0 Å². The summed E-state index contributed by atoms with van der Waals surface area (Å²) < 4.78 is 4.79.